The lowest BCUT2D eigenvalue weighted by molar-refractivity contribution is -0.0386. The van der Waals surface area contributed by atoms with Crippen LogP contribution in [-0.2, 0) is 9.47 Å². The van der Waals surface area contributed by atoms with Crippen LogP contribution in [0.15, 0.2) is 0 Å². The second-order valence-corrected chi connectivity index (χ2v) is 4.13. The van der Waals surface area contributed by atoms with Gasteiger partial charge in [0.2, 0.25) is 0 Å². The standard InChI is InChI=1S/C11H25NO2/c1-6-11(3,4)14-9-10(8-13-5)12-7-2/h10,12H,6-9H2,1-5H3. The van der Waals surface area contributed by atoms with Crippen LogP contribution in [0.1, 0.15) is 34.1 Å². The molecule has 0 fully saturated rings. The third kappa shape index (κ3) is 6.35. The second-order valence-electron chi connectivity index (χ2n) is 4.13. The van der Waals surface area contributed by atoms with Gasteiger partial charge < -0.3 is 14.8 Å². The Labute approximate surface area is 88.2 Å². The van der Waals surface area contributed by atoms with Crippen molar-refractivity contribution in [2.75, 3.05) is 26.9 Å². The maximum absolute atomic E-state index is 5.80. The molecule has 0 aliphatic carbocycles. The molecule has 0 aromatic carbocycles. The van der Waals surface area contributed by atoms with Gasteiger partial charge in [-0.1, -0.05) is 13.8 Å². The van der Waals surface area contributed by atoms with Crippen LogP contribution in [0.3, 0.4) is 0 Å². The average molecular weight is 203 g/mol. The van der Waals surface area contributed by atoms with Gasteiger partial charge in [-0.05, 0) is 26.8 Å². The van der Waals surface area contributed by atoms with E-state index in [1.165, 1.54) is 0 Å². The molecule has 0 aliphatic rings. The van der Waals surface area contributed by atoms with E-state index in [1.54, 1.807) is 7.11 Å². The van der Waals surface area contributed by atoms with Crippen LogP contribution in [0.4, 0.5) is 0 Å². The van der Waals surface area contributed by atoms with Crippen LogP contribution in [0, 0.1) is 0 Å². The number of ether oxygens (including phenoxy) is 2. The van der Waals surface area contributed by atoms with Crippen molar-refractivity contribution in [1.29, 1.82) is 0 Å². The summed E-state index contributed by atoms with van der Waals surface area (Å²) in [6.07, 6.45) is 1.03. The quantitative estimate of drug-likeness (QED) is 0.652. The van der Waals surface area contributed by atoms with E-state index < -0.39 is 0 Å². The molecule has 86 valence electrons. The van der Waals surface area contributed by atoms with Crippen LogP contribution < -0.4 is 5.32 Å². The summed E-state index contributed by atoms with van der Waals surface area (Å²) in [5, 5.41) is 3.33. The Morgan fingerprint density at radius 3 is 2.29 bits per heavy atom. The molecule has 0 saturated heterocycles. The molecular formula is C11H25NO2. The van der Waals surface area contributed by atoms with Gasteiger partial charge in [0, 0.05) is 7.11 Å². The van der Waals surface area contributed by atoms with Gasteiger partial charge in [0.1, 0.15) is 0 Å². The number of rotatable bonds is 8. The summed E-state index contributed by atoms with van der Waals surface area (Å²) in [4.78, 5) is 0. The van der Waals surface area contributed by atoms with E-state index in [-0.39, 0.29) is 5.60 Å². The van der Waals surface area contributed by atoms with Crippen molar-refractivity contribution < 1.29 is 9.47 Å². The van der Waals surface area contributed by atoms with Gasteiger partial charge in [0.05, 0.1) is 24.9 Å². The average Bonchev–Trinajstić information content (AvgIpc) is 2.15. The third-order valence-corrected chi connectivity index (χ3v) is 2.39. The van der Waals surface area contributed by atoms with Gasteiger partial charge in [-0.2, -0.15) is 0 Å². The topological polar surface area (TPSA) is 30.5 Å². The number of hydrogen-bond acceptors (Lipinski definition) is 3. The first-order valence-electron chi connectivity index (χ1n) is 5.42. The first-order chi connectivity index (χ1) is 6.55. The Morgan fingerprint density at radius 2 is 1.86 bits per heavy atom. The molecule has 0 radical (unpaired) electrons. The summed E-state index contributed by atoms with van der Waals surface area (Å²) in [5.41, 5.74) is -0.0264. The zero-order chi connectivity index (χ0) is 11.0. The minimum atomic E-state index is -0.0264. The van der Waals surface area contributed by atoms with E-state index in [1.807, 2.05) is 0 Å². The Bertz CT molecular complexity index is 131. The SMILES string of the molecule is CCNC(COC)COC(C)(C)CC. The maximum Gasteiger partial charge on any atom is 0.0649 e. The first-order valence-corrected chi connectivity index (χ1v) is 5.42. The molecule has 0 saturated carbocycles. The predicted molar refractivity (Wildman–Crippen MR) is 59.7 cm³/mol. The lowest BCUT2D eigenvalue weighted by atomic mass is 10.1. The van der Waals surface area contributed by atoms with Crippen LogP contribution in [0.5, 0.6) is 0 Å². The zero-order valence-corrected chi connectivity index (χ0v) is 10.2. The summed E-state index contributed by atoms with van der Waals surface area (Å²) < 4.78 is 10.9. The summed E-state index contributed by atoms with van der Waals surface area (Å²) in [7, 11) is 1.72. The van der Waals surface area contributed by atoms with Gasteiger partial charge in [-0.25, -0.2) is 0 Å². The molecular weight excluding hydrogens is 178 g/mol. The summed E-state index contributed by atoms with van der Waals surface area (Å²) >= 11 is 0. The second kappa shape index (κ2) is 7.21. The number of likely N-dealkylation sites (N-methyl/N-ethyl adjacent to an activating group) is 1. The van der Waals surface area contributed by atoms with Crippen molar-refractivity contribution in [2.45, 2.75) is 45.8 Å². The summed E-state index contributed by atoms with van der Waals surface area (Å²) in [6.45, 7) is 10.8. The molecule has 14 heavy (non-hydrogen) atoms. The Hall–Kier alpha value is -0.120. The van der Waals surface area contributed by atoms with Crippen LogP contribution >= 0.6 is 0 Å². The van der Waals surface area contributed by atoms with Crippen molar-refractivity contribution in [3.8, 4) is 0 Å². The Morgan fingerprint density at radius 1 is 1.21 bits per heavy atom. The third-order valence-electron chi connectivity index (χ3n) is 2.39. The lowest BCUT2D eigenvalue weighted by Gasteiger charge is -2.27. The Balaban J connectivity index is 3.80. The fraction of sp³-hybridized carbons (Fsp3) is 1.00. The molecule has 0 heterocycles. The molecule has 1 unspecified atom stereocenters. The molecule has 0 amide bonds. The molecule has 3 heteroatoms. The van der Waals surface area contributed by atoms with Gasteiger partial charge in [-0.3, -0.25) is 0 Å². The molecule has 1 N–H and O–H groups in total. The zero-order valence-electron chi connectivity index (χ0n) is 10.2. The highest BCUT2D eigenvalue weighted by Gasteiger charge is 2.17. The van der Waals surface area contributed by atoms with Gasteiger partial charge in [0.25, 0.3) is 0 Å². The summed E-state index contributed by atoms with van der Waals surface area (Å²) in [5.74, 6) is 0. The van der Waals surface area contributed by atoms with Crippen molar-refractivity contribution in [3.05, 3.63) is 0 Å². The van der Waals surface area contributed by atoms with Gasteiger partial charge >= 0.3 is 0 Å². The molecule has 0 spiro atoms. The molecule has 0 bridgehead atoms. The fourth-order valence-electron chi connectivity index (χ4n) is 1.08. The maximum atomic E-state index is 5.80. The molecule has 1 atom stereocenters. The van der Waals surface area contributed by atoms with Crippen LogP contribution in [-0.4, -0.2) is 38.5 Å². The molecule has 0 aliphatic heterocycles. The molecule has 0 aromatic heterocycles. The van der Waals surface area contributed by atoms with E-state index in [9.17, 15) is 0 Å². The van der Waals surface area contributed by atoms with Crippen LogP contribution in [0.25, 0.3) is 0 Å². The Kier molecular flexibility index (Phi) is 7.15. The molecule has 3 nitrogen and oxygen atoms in total. The van der Waals surface area contributed by atoms with Gasteiger partial charge in [-0.15, -0.1) is 0 Å². The van der Waals surface area contributed by atoms with Gasteiger partial charge in [0.15, 0.2) is 0 Å². The van der Waals surface area contributed by atoms with E-state index in [0.29, 0.717) is 19.3 Å². The highest BCUT2D eigenvalue weighted by atomic mass is 16.5. The fourth-order valence-corrected chi connectivity index (χ4v) is 1.08. The minimum Gasteiger partial charge on any atom is -0.383 e. The number of nitrogens with one attached hydrogen (secondary N) is 1. The highest BCUT2D eigenvalue weighted by Crippen LogP contribution is 2.13. The number of hydrogen-bond donors (Lipinski definition) is 1. The predicted octanol–water partition coefficient (Wildman–Crippen LogP) is 1.82. The van der Waals surface area contributed by atoms with E-state index in [0.717, 1.165) is 13.0 Å². The molecule has 0 rings (SSSR count). The highest BCUT2D eigenvalue weighted by molar-refractivity contribution is 4.70. The summed E-state index contributed by atoms with van der Waals surface area (Å²) in [6, 6.07) is 0.302. The smallest absolute Gasteiger partial charge is 0.0649 e. The van der Waals surface area contributed by atoms with Crippen molar-refractivity contribution >= 4 is 0 Å². The van der Waals surface area contributed by atoms with Crippen LogP contribution in [0.2, 0.25) is 0 Å². The lowest BCUT2D eigenvalue weighted by Crippen LogP contribution is -2.40. The van der Waals surface area contributed by atoms with E-state index in [4.69, 9.17) is 9.47 Å². The monoisotopic (exact) mass is 203 g/mol. The number of methoxy groups -OCH3 is 1. The van der Waals surface area contributed by atoms with E-state index >= 15 is 0 Å². The minimum absolute atomic E-state index is 0.0264. The van der Waals surface area contributed by atoms with E-state index in [2.05, 4.69) is 33.0 Å². The normalized spacial score (nSPS) is 14.4. The van der Waals surface area contributed by atoms with Crippen molar-refractivity contribution in [1.82, 2.24) is 5.32 Å². The van der Waals surface area contributed by atoms with Crippen molar-refractivity contribution in [2.24, 2.45) is 0 Å². The molecule has 0 aromatic rings. The first kappa shape index (κ1) is 13.9. The van der Waals surface area contributed by atoms with Crippen molar-refractivity contribution in [3.63, 3.8) is 0 Å². The largest absolute Gasteiger partial charge is 0.383 e.